The van der Waals surface area contributed by atoms with Crippen LogP contribution in [0.2, 0.25) is 0 Å². The van der Waals surface area contributed by atoms with Crippen molar-refractivity contribution in [3.8, 4) is 0 Å². The van der Waals surface area contributed by atoms with Crippen molar-refractivity contribution >= 4 is 5.97 Å². The van der Waals surface area contributed by atoms with Gasteiger partial charge in [0.15, 0.2) is 5.83 Å². The predicted molar refractivity (Wildman–Crippen MR) is 45.4 cm³/mol. The van der Waals surface area contributed by atoms with Gasteiger partial charge in [-0.1, -0.05) is 0 Å². The van der Waals surface area contributed by atoms with Crippen molar-refractivity contribution in [2.24, 2.45) is 0 Å². The van der Waals surface area contributed by atoms with Crippen LogP contribution in [0, 0.1) is 0 Å². The monoisotopic (exact) mass is 210 g/mol. The fraction of sp³-hybridized carbons (Fsp3) is 0.667. The molecule has 0 atom stereocenters. The first-order valence-corrected chi connectivity index (χ1v) is 4.14. The van der Waals surface area contributed by atoms with Crippen LogP contribution in [0.15, 0.2) is 11.9 Å². The lowest BCUT2D eigenvalue weighted by Crippen LogP contribution is -2.23. The third-order valence-corrected chi connectivity index (χ3v) is 1.17. The van der Waals surface area contributed by atoms with Crippen LogP contribution in [0.5, 0.6) is 0 Å². The van der Waals surface area contributed by atoms with E-state index < -0.39 is 29.9 Å². The topological polar surface area (TPSA) is 26.3 Å². The third kappa shape index (κ3) is 6.51. The van der Waals surface area contributed by atoms with E-state index in [0.29, 0.717) is 0 Å². The van der Waals surface area contributed by atoms with Crippen LogP contribution in [0.1, 0.15) is 33.6 Å². The molecule has 0 saturated heterocycles. The van der Waals surface area contributed by atoms with Gasteiger partial charge in [0.05, 0.1) is 6.42 Å². The van der Waals surface area contributed by atoms with Gasteiger partial charge < -0.3 is 4.74 Å². The molecule has 0 fully saturated rings. The molecule has 0 rings (SSSR count). The summed E-state index contributed by atoms with van der Waals surface area (Å²) in [4.78, 5) is 10.9. The maximum Gasteiger partial charge on any atom is 0.306 e. The summed E-state index contributed by atoms with van der Waals surface area (Å²) in [6.07, 6.45) is -3.37. The number of halogens is 3. The summed E-state index contributed by atoms with van der Waals surface area (Å²) in [6, 6.07) is 0. The van der Waals surface area contributed by atoms with Crippen molar-refractivity contribution in [2.45, 2.75) is 39.2 Å². The van der Waals surface area contributed by atoms with Gasteiger partial charge >= 0.3 is 12.0 Å². The normalized spacial score (nSPS) is 11.0. The number of hydrogen-bond acceptors (Lipinski definition) is 2. The van der Waals surface area contributed by atoms with Crippen molar-refractivity contribution in [3.05, 3.63) is 11.9 Å². The van der Waals surface area contributed by atoms with Crippen molar-refractivity contribution in [1.82, 2.24) is 0 Å². The van der Waals surface area contributed by atoms with E-state index in [9.17, 15) is 18.0 Å². The molecule has 0 amide bonds. The summed E-state index contributed by atoms with van der Waals surface area (Å²) < 4.78 is 40.2. The molecular formula is C9H13F3O2. The largest absolute Gasteiger partial charge is 0.460 e. The van der Waals surface area contributed by atoms with E-state index in [1.54, 1.807) is 20.8 Å². The van der Waals surface area contributed by atoms with Gasteiger partial charge in [0.2, 0.25) is 0 Å². The number of carbonyl (C=O) groups excluding carboxylic acids is 1. The van der Waals surface area contributed by atoms with E-state index in [4.69, 9.17) is 4.74 Å². The fourth-order valence-corrected chi connectivity index (χ4v) is 0.699. The molecule has 14 heavy (non-hydrogen) atoms. The minimum atomic E-state index is -2.38. The second kappa shape index (κ2) is 5.02. The Kier molecular flexibility index (Phi) is 4.67. The first-order valence-electron chi connectivity index (χ1n) is 4.14. The molecule has 0 aromatic carbocycles. The van der Waals surface area contributed by atoms with Gasteiger partial charge in [0.25, 0.3) is 0 Å². The summed E-state index contributed by atoms with van der Waals surface area (Å²) in [7, 11) is 0. The minimum absolute atomic E-state index is 0.375. The average Bonchev–Trinajstić information content (AvgIpc) is 1.96. The summed E-state index contributed by atoms with van der Waals surface area (Å²) in [5, 5.41) is 0. The molecule has 0 aromatic heterocycles. The minimum Gasteiger partial charge on any atom is -0.460 e. The summed E-state index contributed by atoms with van der Waals surface area (Å²) in [6.45, 7) is 4.94. The fourth-order valence-electron chi connectivity index (χ4n) is 0.699. The average molecular weight is 210 g/mol. The van der Waals surface area contributed by atoms with Gasteiger partial charge in [-0.05, 0) is 20.8 Å². The molecule has 0 saturated carbocycles. The summed E-state index contributed by atoms with van der Waals surface area (Å²) >= 11 is 0. The summed E-state index contributed by atoms with van der Waals surface area (Å²) in [5.74, 6) is -2.25. The van der Waals surface area contributed by atoms with Gasteiger partial charge in [-0.25, -0.2) is 4.39 Å². The van der Waals surface area contributed by atoms with Gasteiger partial charge in [0.1, 0.15) is 5.60 Å². The van der Waals surface area contributed by atoms with Gasteiger partial charge in [-0.3, -0.25) is 4.79 Å². The van der Waals surface area contributed by atoms with Gasteiger partial charge in [-0.2, -0.15) is 8.78 Å². The Morgan fingerprint density at radius 2 is 1.64 bits per heavy atom. The molecule has 2 nitrogen and oxygen atoms in total. The Morgan fingerprint density at radius 1 is 1.14 bits per heavy atom. The Balaban J connectivity index is 3.94. The molecule has 0 radical (unpaired) electrons. The Hall–Kier alpha value is -1.00. The lowest BCUT2D eigenvalue weighted by molar-refractivity contribution is -0.154. The van der Waals surface area contributed by atoms with E-state index in [2.05, 4.69) is 0 Å². The number of hydrogen-bond donors (Lipinski definition) is 0. The number of rotatable bonds is 3. The van der Waals surface area contributed by atoms with Crippen molar-refractivity contribution in [1.29, 1.82) is 0 Å². The molecule has 5 heteroatoms. The van der Waals surface area contributed by atoms with E-state index in [1.165, 1.54) is 0 Å². The van der Waals surface area contributed by atoms with Crippen molar-refractivity contribution in [3.63, 3.8) is 0 Å². The zero-order chi connectivity index (χ0) is 11.4. The molecule has 0 aliphatic heterocycles. The highest BCUT2D eigenvalue weighted by atomic mass is 19.3. The standard InChI is InChI=1S/C9H13F3O2/c1-9(2,3)14-7(13)5-4-6(10)8(11)12/h4-5H2,1-3H3. The Bertz CT molecular complexity index is 237. The third-order valence-electron chi connectivity index (χ3n) is 1.17. The Labute approximate surface area is 80.7 Å². The highest BCUT2D eigenvalue weighted by Crippen LogP contribution is 2.16. The van der Waals surface area contributed by atoms with Crippen LogP contribution in [0.4, 0.5) is 13.2 Å². The van der Waals surface area contributed by atoms with Crippen molar-refractivity contribution in [2.75, 3.05) is 0 Å². The number of carbonyl (C=O) groups is 1. The zero-order valence-corrected chi connectivity index (χ0v) is 8.36. The number of esters is 1. The second-order valence-electron chi connectivity index (χ2n) is 3.75. The maximum absolute atomic E-state index is 12.2. The molecule has 0 N–H and O–H groups in total. The smallest absolute Gasteiger partial charge is 0.306 e. The SMILES string of the molecule is CC(C)(C)OC(=O)CCC(F)=C(F)F. The van der Waals surface area contributed by atoms with E-state index in [1.807, 2.05) is 0 Å². The van der Waals surface area contributed by atoms with Gasteiger partial charge in [0, 0.05) is 6.42 Å². The lowest BCUT2D eigenvalue weighted by Gasteiger charge is -2.19. The van der Waals surface area contributed by atoms with Crippen LogP contribution < -0.4 is 0 Å². The van der Waals surface area contributed by atoms with Gasteiger partial charge in [-0.15, -0.1) is 0 Å². The zero-order valence-electron chi connectivity index (χ0n) is 8.36. The first-order chi connectivity index (χ1) is 6.22. The molecule has 0 aliphatic carbocycles. The molecule has 0 aliphatic rings. The number of allylic oxidation sites excluding steroid dienone is 1. The van der Waals surface area contributed by atoms with E-state index >= 15 is 0 Å². The maximum atomic E-state index is 12.2. The lowest BCUT2D eigenvalue weighted by atomic mass is 10.2. The van der Waals surface area contributed by atoms with Crippen LogP contribution in [0.3, 0.4) is 0 Å². The molecule has 82 valence electrons. The van der Waals surface area contributed by atoms with Crippen LogP contribution in [-0.4, -0.2) is 11.6 Å². The predicted octanol–water partition coefficient (Wildman–Crippen LogP) is 3.19. The molecule has 0 heterocycles. The molecular weight excluding hydrogens is 197 g/mol. The second-order valence-corrected chi connectivity index (χ2v) is 3.75. The van der Waals surface area contributed by atoms with Crippen molar-refractivity contribution < 1.29 is 22.7 Å². The molecule has 0 spiro atoms. The molecule has 0 bridgehead atoms. The van der Waals surface area contributed by atoms with Crippen LogP contribution in [-0.2, 0) is 9.53 Å². The summed E-state index contributed by atoms with van der Waals surface area (Å²) in [5.41, 5.74) is -0.675. The van der Waals surface area contributed by atoms with E-state index in [0.717, 1.165) is 0 Å². The van der Waals surface area contributed by atoms with E-state index in [-0.39, 0.29) is 6.42 Å². The Morgan fingerprint density at radius 3 is 2.00 bits per heavy atom. The first kappa shape index (κ1) is 13.0. The highest BCUT2D eigenvalue weighted by molar-refractivity contribution is 5.70. The molecule has 0 aromatic rings. The van der Waals surface area contributed by atoms with Crippen LogP contribution >= 0.6 is 0 Å². The number of ether oxygens (including phenoxy) is 1. The molecule has 0 unspecified atom stereocenters. The quantitative estimate of drug-likeness (QED) is 0.668. The highest BCUT2D eigenvalue weighted by Gasteiger charge is 2.17. The van der Waals surface area contributed by atoms with Crippen LogP contribution in [0.25, 0.3) is 0 Å².